The van der Waals surface area contributed by atoms with Crippen LogP contribution in [-0.2, 0) is 6.54 Å². The van der Waals surface area contributed by atoms with Gasteiger partial charge in [0.1, 0.15) is 0 Å². The van der Waals surface area contributed by atoms with Gasteiger partial charge in [0.2, 0.25) is 0 Å². The fraction of sp³-hybridized carbons (Fsp3) is 0.316. The van der Waals surface area contributed by atoms with E-state index < -0.39 is 0 Å². The van der Waals surface area contributed by atoms with Gasteiger partial charge in [-0.2, -0.15) is 5.26 Å². The molecule has 1 saturated heterocycles. The average Bonchev–Trinajstić information content (AvgIpc) is 3.04. The zero-order valence-electron chi connectivity index (χ0n) is 13.8. The van der Waals surface area contributed by atoms with E-state index in [2.05, 4.69) is 21.3 Å². The van der Waals surface area contributed by atoms with E-state index >= 15 is 0 Å². The Morgan fingerprint density at radius 3 is 2.88 bits per heavy atom. The molecule has 1 aliphatic rings. The van der Waals surface area contributed by atoms with Crippen molar-refractivity contribution in [2.24, 2.45) is 5.92 Å². The summed E-state index contributed by atoms with van der Waals surface area (Å²) in [7, 11) is 0. The lowest BCUT2D eigenvalue weighted by molar-refractivity contribution is 0.0920. The number of nitriles is 1. The maximum Gasteiger partial charge on any atom is 0.253 e. The SMILES string of the molecule is N#Cc1ccccc1CN1C[C@@H](CO)[C@H](NC(=O)c2cccnc2)C1. The third-order valence-corrected chi connectivity index (χ3v) is 4.52. The Hall–Kier alpha value is -2.75. The van der Waals surface area contributed by atoms with Gasteiger partial charge in [-0.3, -0.25) is 14.7 Å². The van der Waals surface area contributed by atoms with Crippen LogP contribution in [0.2, 0.25) is 0 Å². The molecular weight excluding hydrogens is 316 g/mol. The molecule has 128 valence electrons. The zero-order chi connectivity index (χ0) is 17.6. The quantitative estimate of drug-likeness (QED) is 0.856. The molecule has 0 radical (unpaired) electrons. The van der Waals surface area contributed by atoms with Gasteiger partial charge in [0.05, 0.1) is 17.2 Å². The fourth-order valence-electron chi connectivity index (χ4n) is 3.20. The van der Waals surface area contributed by atoms with Crippen LogP contribution in [-0.4, -0.2) is 46.6 Å². The molecule has 0 bridgehead atoms. The molecule has 0 unspecified atom stereocenters. The second-order valence-corrected chi connectivity index (χ2v) is 6.23. The van der Waals surface area contributed by atoms with Crippen molar-refractivity contribution in [1.29, 1.82) is 5.26 Å². The number of carbonyl (C=O) groups is 1. The Kier molecular flexibility index (Phi) is 5.39. The molecule has 2 aromatic rings. The van der Waals surface area contributed by atoms with Crippen molar-refractivity contribution in [3.63, 3.8) is 0 Å². The minimum absolute atomic E-state index is 0.00832. The van der Waals surface area contributed by atoms with Crippen molar-refractivity contribution >= 4 is 5.91 Å². The van der Waals surface area contributed by atoms with E-state index in [-0.39, 0.29) is 24.5 Å². The van der Waals surface area contributed by atoms with Crippen molar-refractivity contribution in [1.82, 2.24) is 15.2 Å². The number of amides is 1. The highest BCUT2D eigenvalue weighted by Crippen LogP contribution is 2.21. The molecule has 1 fully saturated rings. The van der Waals surface area contributed by atoms with E-state index in [0.29, 0.717) is 30.8 Å². The molecule has 2 atom stereocenters. The number of aromatic nitrogens is 1. The van der Waals surface area contributed by atoms with Crippen molar-refractivity contribution in [3.05, 3.63) is 65.5 Å². The minimum Gasteiger partial charge on any atom is -0.396 e. The van der Waals surface area contributed by atoms with Gasteiger partial charge >= 0.3 is 0 Å². The van der Waals surface area contributed by atoms with Crippen LogP contribution in [0.1, 0.15) is 21.5 Å². The van der Waals surface area contributed by atoms with Crippen molar-refractivity contribution in [2.75, 3.05) is 19.7 Å². The van der Waals surface area contributed by atoms with Crippen molar-refractivity contribution in [3.8, 4) is 6.07 Å². The van der Waals surface area contributed by atoms with E-state index in [1.165, 1.54) is 6.20 Å². The molecule has 0 aliphatic carbocycles. The van der Waals surface area contributed by atoms with Gasteiger partial charge < -0.3 is 10.4 Å². The summed E-state index contributed by atoms with van der Waals surface area (Å²) in [6, 6.07) is 13.0. The number of carbonyl (C=O) groups excluding carboxylic acids is 1. The third-order valence-electron chi connectivity index (χ3n) is 4.52. The van der Waals surface area contributed by atoms with Crippen molar-refractivity contribution in [2.45, 2.75) is 12.6 Å². The second-order valence-electron chi connectivity index (χ2n) is 6.23. The number of hydrogen-bond acceptors (Lipinski definition) is 5. The predicted molar refractivity (Wildman–Crippen MR) is 92.5 cm³/mol. The first-order valence-corrected chi connectivity index (χ1v) is 8.23. The molecule has 3 rings (SSSR count). The largest absolute Gasteiger partial charge is 0.396 e. The summed E-state index contributed by atoms with van der Waals surface area (Å²) >= 11 is 0. The Bertz CT molecular complexity index is 772. The van der Waals surface area contributed by atoms with E-state index in [1.807, 2.05) is 18.2 Å². The first-order valence-electron chi connectivity index (χ1n) is 8.23. The Balaban J connectivity index is 1.66. The summed E-state index contributed by atoms with van der Waals surface area (Å²) in [5.41, 5.74) is 2.12. The highest BCUT2D eigenvalue weighted by Gasteiger charge is 2.33. The zero-order valence-corrected chi connectivity index (χ0v) is 13.8. The van der Waals surface area contributed by atoms with Gasteiger partial charge in [-0.1, -0.05) is 18.2 Å². The van der Waals surface area contributed by atoms with Crippen molar-refractivity contribution < 1.29 is 9.90 Å². The fourth-order valence-corrected chi connectivity index (χ4v) is 3.20. The third kappa shape index (κ3) is 4.02. The average molecular weight is 336 g/mol. The van der Waals surface area contributed by atoms with Gasteiger partial charge in [0.25, 0.3) is 5.91 Å². The predicted octanol–water partition coefficient (Wildman–Crippen LogP) is 1.18. The topological polar surface area (TPSA) is 89.3 Å². The number of rotatable bonds is 5. The number of likely N-dealkylation sites (tertiary alicyclic amines) is 1. The van der Waals surface area contributed by atoms with Crippen LogP contribution in [0.4, 0.5) is 0 Å². The van der Waals surface area contributed by atoms with E-state index in [1.54, 1.807) is 24.4 Å². The van der Waals surface area contributed by atoms with E-state index in [0.717, 1.165) is 5.56 Å². The number of aliphatic hydroxyl groups excluding tert-OH is 1. The summed E-state index contributed by atoms with van der Waals surface area (Å²) in [6.45, 7) is 1.94. The second kappa shape index (κ2) is 7.88. The van der Waals surface area contributed by atoms with E-state index in [9.17, 15) is 15.2 Å². The molecule has 1 amide bonds. The summed E-state index contributed by atoms with van der Waals surface area (Å²) < 4.78 is 0. The van der Waals surface area contributed by atoms with Crippen LogP contribution in [0.3, 0.4) is 0 Å². The molecule has 0 spiro atoms. The van der Waals surface area contributed by atoms with Gasteiger partial charge in [-0.15, -0.1) is 0 Å². The molecule has 2 heterocycles. The first-order chi connectivity index (χ1) is 12.2. The molecular formula is C19H20N4O2. The van der Waals surface area contributed by atoms with Gasteiger partial charge in [-0.25, -0.2) is 0 Å². The summed E-state index contributed by atoms with van der Waals surface area (Å²) in [5.74, 6) is -0.217. The summed E-state index contributed by atoms with van der Waals surface area (Å²) in [5, 5.41) is 21.9. The Morgan fingerprint density at radius 1 is 1.32 bits per heavy atom. The molecule has 1 aromatic carbocycles. The molecule has 2 N–H and O–H groups in total. The van der Waals surface area contributed by atoms with Crippen LogP contribution >= 0.6 is 0 Å². The smallest absolute Gasteiger partial charge is 0.253 e. The first kappa shape index (κ1) is 17.1. The van der Waals surface area contributed by atoms with Gasteiger partial charge in [-0.05, 0) is 23.8 Å². The molecule has 6 heteroatoms. The number of aliphatic hydroxyl groups is 1. The highest BCUT2D eigenvalue weighted by atomic mass is 16.3. The monoisotopic (exact) mass is 336 g/mol. The molecule has 1 aliphatic heterocycles. The lowest BCUT2D eigenvalue weighted by Crippen LogP contribution is -2.41. The summed E-state index contributed by atoms with van der Waals surface area (Å²) in [4.78, 5) is 18.4. The van der Waals surface area contributed by atoms with Crippen LogP contribution in [0, 0.1) is 17.2 Å². The van der Waals surface area contributed by atoms with Crippen LogP contribution < -0.4 is 5.32 Å². The molecule has 1 aromatic heterocycles. The van der Waals surface area contributed by atoms with Crippen LogP contribution in [0.5, 0.6) is 0 Å². The summed E-state index contributed by atoms with van der Waals surface area (Å²) in [6.07, 6.45) is 3.15. The van der Waals surface area contributed by atoms with Crippen LogP contribution in [0.25, 0.3) is 0 Å². The highest BCUT2D eigenvalue weighted by molar-refractivity contribution is 5.94. The van der Waals surface area contributed by atoms with Gasteiger partial charge in [0.15, 0.2) is 0 Å². The van der Waals surface area contributed by atoms with Gasteiger partial charge in [0, 0.05) is 50.6 Å². The minimum atomic E-state index is -0.184. The Labute approximate surface area is 146 Å². The molecule has 25 heavy (non-hydrogen) atoms. The van der Waals surface area contributed by atoms with E-state index in [4.69, 9.17) is 0 Å². The number of nitrogens with one attached hydrogen (secondary N) is 1. The normalized spacial score (nSPS) is 20.2. The number of pyridine rings is 1. The number of benzene rings is 1. The lowest BCUT2D eigenvalue weighted by atomic mass is 10.0. The lowest BCUT2D eigenvalue weighted by Gasteiger charge is -2.18. The Morgan fingerprint density at radius 2 is 2.16 bits per heavy atom. The maximum absolute atomic E-state index is 12.3. The number of nitrogens with zero attached hydrogens (tertiary/aromatic N) is 3. The maximum atomic E-state index is 12.3. The standard InChI is InChI=1S/C19H20N4O2/c20-8-14-4-1-2-5-16(14)10-23-11-17(13-24)18(12-23)22-19(25)15-6-3-7-21-9-15/h1-7,9,17-18,24H,10-13H2,(H,22,25)/t17-,18+/m0/s1. The number of hydrogen-bond donors (Lipinski definition) is 2. The molecule has 0 saturated carbocycles. The molecule has 6 nitrogen and oxygen atoms in total. The van der Waals surface area contributed by atoms with Crippen LogP contribution in [0.15, 0.2) is 48.8 Å².